The number of aliphatic hydroxyl groups excluding tert-OH is 2. The van der Waals surface area contributed by atoms with E-state index in [2.05, 4.69) is 19.9 Å². The molecule has 2 fully saturated rings. The average Bonchev–Trinajstić information content (AvgIpc) is 3.06. The van der Waals surface area contributed by atoms with Crippen LogP contribution in [0.5, 0.6) is 0 Å². The number of hydrogen-bond acceptors (Lipinski definition) is 3. The van der Waals surface area contributed by atoms with Gasteiger partial charge in [0.25, 0.3) is 0 Å². The fourth-order valence-electron chi connectivity index (χ4n) is 5.99. The first-order valence-electron chi connectivity index (χ1n) is 9.26. The van der Waals surface area contributed by atoms with Crippen LogP contribution in [0.1, 0.15) is 57.9 Å². The number of rotatable bonds is 5. The Morgan fingerprint density at radius 3 is 2.70 bits per heavy atom. The van der Waals surface area contributed by atoms with Gasteiger partial charge in [-0.1, -0.05) is 20.3 Å². The van der Waals surface area contributed by atoms with Crippen molar-refractivity contribution >= 4 is 0 Å². The Kier molecular flexibility index (Phi) is 4.89. The quantitative estimate of drug-likeness (QED) is 0.861. The van der Waals surface area contributed by atoms with Gasteiger partial charge in [0, 0.05) is 13.2 Å². The van der Waals surface area contributed by atoms with Crippen LogP contribution in [0.15, 0.2) is 23.0 Å². The molecule has 0 amide bonds. The van der Waals surface area contributed by atoms with Gasteiger partial charge in [-0.3, -0.25) is 0 Å². The molecule has 3 heteroatoms. The highest BCUT2D eigenvalue weighted by molar-refractivity contribution is 5.08. The Bertz CT molecular complexity index is 497. The highest BCUT2D eigenvalue weighted by atomic mass is 16.3. The molecule has 0 aliphatic heterocycles. The summed E-state index contributed by atoms with van der Waals surface area (Å²) in [7, 11) is 0. The number of fused-ring (bicyclic) bond motifs is 1. The van der Waals surface area contributed by atoms with Crippen molar-refractivity contribution in [3.8, 4) is 0 Å². The number of aryl methyl sites for hydroxylation is 1. The standard InChI is InChI=1S/C20H32O3/c1-19(14-22)9-3-10-20(2)17(6-4-15-8-11-23-13-15)16(12-21)5-7-18(19)20/h8,11,13,16-18,21-22H,3-7,9-10,12,14H2,1-2H3/t16-,17-,18+,19+,20-/m1/s1. The van der Waals surface area contributed by atoms with Crippen LogP contribution in [-0.4, -0.2) is 23.4 Å². The molecule has 23 heavy (non-hydrogen) atoms. The van der Waals surface area contributed by atoms with E-state index in [-0.39, 0.29) is 10.8 Å². The second-order valence-corrected chi connectivity index (χ2v) is 8.52. The molecule has 0 spiro atoms. The summed E-state index contributed by atoms with van der Waals surface area (Å²) in [5, 5.41) is 20.0. The molecule has 1 heterocycles. The molecule has 130 valence electrons. The summed E-state index contributed by atoms with van der Waals surface area (Å²) in [5.41, 5.74) is 1.56. The molecule has 2 aliphatic carbocycles. The number of furan rings is 1. The summed E-state index contributed by atoms with van der Waals surface area (Å²) in [5.74, 6) is 1.52. The van der Waals surface area contributed by atoms with E-state index in [0.717, 1.165) is 32.1 Å². The summed E-state index contributed by atoms with van der Waals surface area (Å²) in [6.07, 6.45) is 11.5. The lowest BCUT2D eigenvalue weighted by Crippen LogP contribution is -2.54. The predicted molar refractivity (Wildman–Crippen MR) is 91.0 cm³/mol. The van der Waals surface area contributed by atoms with E-state index >= 15 is 0 Å². The Morgan fingerprint density at radius 2 is 2.04 bits per heavy atom. The smallest absolute Gasteiger partial charge is 0.0934 e. The van der Waals surface area contributed by atoms with E-state index in [0.29, 0.717) is 31.0 Å². The molecule has 0 bridgehead atoms. The third kappa shape index (κ3) is 2.98. The SMILES string of the molecule is C[C@@]1(CO)CCC[C@]2(C)[C@H](CCc3ccoc3)[C@@H](CO)CC[C@@H]12. The van der Waals surface area contributed by atoms with Gasteiger partial charge < -0.3 is 14.6 Å². The van der Waals surface area contributed by atoms with Crippen LogP contribution in [-0.2, 0) is 6.42 Å². The van der Waals surface area contributed by atoms with E-state index in [4.69, 9.17) is 4.42 Å². The van der Waals surface area contributed by atoms with Crippen molar-refractivity contribution in [1.29, 1.82) is 0 Å². The molecule has 0 unspecified atom stereocenters. The molecule has 2 N–H and O–H groups in total. The van der Waals surface area contributed by atoms with Crippen LogP contribution in [0.3, 0.4) is 0 Å². The van der Waals surface area contributed by atoms with Crippen molar-refractivity contribution in [2.45, 2.75) is 58.8 Å². The van der Waals surface area contributed by atoms with Crippen molar-refractivity contribution in [1.82, 2.24) is 0 Å². The van der Waals surface area contributed by atoms with Gasteiger partial charge in [0.2, 0.25) is 0 Å². The van der Waals surface area contributed by atoms with Crippen molar-refractivity contribution in [3.63, 3.8) is 0 Å². The van der Waals surface area contributed by atoms with Gasteiger partial charge in [-0.2, -0.15) is 0 Å². The first-order valence-corrected chi connectivity index (χ1v) is 9.26. The van der Waals surface area contributed by atoms with E-state index in [1.54, 1.807) is 6.26 Å². The van der Waals surface area contributed by atoms with E-state index in [9.17, 15) is 10.2 Å². The minimum absolute atomic E-state index is 0.0569. The Hall–Kier alpha value is -0.800. The van der Waals surface area contributed by atoms with Crippen molar-refractivity contribution in [2.24, 2.45) is 28.6 Å². The van der Waals surface area contributed by atoms with Crippen LogP contribution in [0, 0.1) is 28.6 Å². The monoisotopic (exact) mass is 320 g/mol. The van der Waals surface area contributed by atoms with Crippen LogP contribution < -0.4 is 0 Å². The maximum Gasteiger partial charge on any atom is 0.0934 e. The van der Waals surface area contributed by atoms with Gasteiger partial charge >= 0.3 is 0 Å². The largest absolute Gasteiger partial charge is 0.472 e. The third-order valence-electron chi connectivity index (χ3n) is 7.26. The summed E-state index contributed by atoms with van der Waals surface area (Å²) in [6.45, 7) is 5.31. The van der Waals surface area contributed by atoms with Gasteiger partial charge in [-0.15, -0.1) is 0 Å². The molecule has 3 nitrogen and oxygen atoms in total. The second-order valence-electron chi connectivity index (χ2n) is 8.52. The molecule has 1 aromatic rings. The van der Waals surface area contributed by atoms with E-state index in [1.165, 1.54) is 18.4 Å². The lowest BCUT2D eigenvalue weighted by atomic mass is 9.45. The van der Waals surface area contributed by atoms with Crippen LogP contribution in [0.2, 0.25) is 0 Å². The fourth-order valence-corrected chi connectivity index (χ4v) is 5.99. The zero-order valence-corrected chi connectivity index (χ0v) is 14.6. The lowest BCUT2D eigenvalue weighted by Gasteiger charge is -2.60. The van der Waals surface area contributed by atoms with Crippen molar-refractivity contribution in [3.05, 3.63) is 24.2 Å². The van der Waals surface area contributed by atoms with Crippen molar-refractivity contribution in [2.75, 3.05) is 13.2 Å². The second kappa shape index (κ2) is 6.60. The molecule has 5 atom stereocenters. The minimum Gasteiger partial charge on any atom is -0.472 e. The zero-order chi connectivity index (χ0) is 16.5. The predicted octanol–water partition coefficient (Wildman–Crippen LogP) is 4.04. The third-order valence-corrected chi connectivity index (χ3v) is 7.26. The highest BCUT2D eigenvalue weighted by Gasteiger charge is 2.55. The van der Waals surface area contributed by atoms with Gasteiger partial charge in [0.15, 0.2) is 0 Å². The van der Waals surface area contributed by atoms with Crippen molar-refractivity contribution < 1.29 is 14.6 Å². The first kappa shape index (κ1) is 17.0. The van der Waals surface area contributed by atoms with Crippen LogP contribution in [0.25, 0.3) is 0 Å². The van der Waals surface area contributed by atoms with Crippen LogP contribution >= 0.6 is 0 Å². The lowest BCUT2D eigenvalue weighted by molar-refractivity contribution is -0.128. The Balaban J connectivity index is 1.83. The molecule has 3 rings (SSSR count). The fraction of sp³-hybridized carbons (Fsp3) is 0.800. The maximum atomic E-state index is 10.0. The van der Waals surface area contributed by atoms with Gasteiger partial charge in [-0.05, 0) is 78.7 Å². The van der Waals surface area contributed by atoms with Gasteiger partial charge in [-0.25, -0.2) is 0 Å². The topological polar surface area (TPSA) is 53.6 Å². The minimum atomic E-state index is 0.0569. The summed E-state index contributed by atoms with van der Waals surface area (Å²) >= 11 is 0. The molecule has 0 aromatic carbocycles. The molecule has 2 aliphatic rings. The molecular formula is C20H32O3. The van der Waals surface area contributed by atoms with Gasteiger partial charge in [0.05, 0.1) is 12.5 Å². The van der Waals surface area contributed by atoms with E-state index in [1.807, 2.05) is 6.26 Å². The molecular weight excluding hydrogens is 288 g/mol. The molecule has 0 radical (unpaired) electrons. The first-order chi connectivity index (χ1) is 11.0. The van der Waals surface area contributed by atoms with E-state index < -0.39 is 0 Å². The summed E-state index contributed by atoms with van der Waals surface area (Å²) in [4.78, 5) is 0. The molecule has 0 saturated heterocycles. The van der Waals surface area contributed by atoms with Gasteiger partial charge in [0.1, 0.15) is 0 Å². The maximum absolute atomic E-state index is 10.0. The Labute approximate surface area is 140 Å². The average molecular weight is 320 g/mol. The normalized spacial score (nSPS) is 40.8. The van der Waals surface area contributed by atoms with Crippen LogP contribution in [0.4, 0.5) is 0 Å². The molecule has 2 saturated carbocycles. The Morgan fingerprint density at radius 1 is 1.22 bits per heavy atom. The zero-order valence-electron chi connectivity index (χ0n) is 14.6. The molecule has 1 aromatic heterocycles. The summed E-state index contributed by atoms with van der Waals surface area (Å²) < 4.78 is 5.21. The number of hydrogen-bond donors (Lipinski definition) is 2. The highest BCUT2D eigenvalue weighted by Crippen LogP contribution is 2.61. The number of aliphatic hydroxyl groups is 2. The summed E-state index contributed by atoms with van der Waals surface area (Å²) in [6, 6.07) is 2.05.